The Morgan fingerprint density at radius 1 is 0.909 bits per heavy atom. The average Bonchev–Trinajstić information content (AvgIpc) is 2.96. The second kappa shape index (κ2) is 13.3. The van der Waals surface area contributed by atoms with Crippen molar-refractivity contribution in [3.05, 3.63) is 94.8 Å². The van der Waals surface area contributed by atoms with Gasteiger partial charge in [0.1, 0.15) is 23.4 Å². The van der Waals surface area contributed by atoms with Gasteiger partial charge in [-0.25, -0.2) is 9.18 Å². The van der Waals surface area contributed by atoms with Crippen LogP contribution in [-0.4, -0.2) is 57.5 Å². The zero-order valence-electron chi connectivity index (χ0n) is 24.8. The van der Waals surface area contributed by atoms with Gasteiger partial charge in [0.15, 0.2) is 0 Å². The minimum atomic E-state index is -4.97. The molecular formula is C33H32F4N2O5. The third-order valence-electron chi connectivity index (χ3n) is 7.07. The highest BCUT2D eigenvalue weighted by Crippen LogP contribution is 2.46. The molecule has 1 N–H and O–H groups in total. The molecule has 0 fully saturated rings. The molecule has 0 saturated heterocycles. The van der Waals surface area contributed by atoms with Crippen molar-refractivity contribution >= 4 is 22.6 Å². The van der Waals surface area contributed by atoms with Crippen molar-refractivity contribution in [2.24, 2.45) is 0 Å². The number of alkyl halides is 3. The van der Waals surface area contributed by atoms with Gasteiger partial charge in [-0.1, -0.05) is 54.6 Å². The number of methoxy groups -OCH3 is 2. The molecule has 232 valence electrons. The van der Waals surface area contributed by atoms with E-state index in [9.17, 15) is 27.2 Å². The Morgan fingerprint density at radius 2 is 1.59 bits per heavy atom. The van der Waals surface area contributed by atoms with Crippen LogP contribution in [0.5, 0.6) is 11.5 Å². The smallest absolute Gasteiger partial charge is 0.496 e. The van der Waals surface area contributed by atoms with Crippen LogP contribution in [-0.2, 0) is 22.5 Å². The molecule has 0 unspecified atom stereocenters. The molecule has 4 aromatic carbocycles. The predicted octanol–water partition coefficient (Wildman–Crippen LogP) is 6.44. The molecule has 1 amide bonds. The normalized spacial score (nSPS) is 12.2. The minimum Gasteiger partial charge on any atom is -0.496 e. The third kappa shape index (κ3) is 7.11. The van der Waals surface area contributed by atoms with E-state index < -0.39 is 30.1 Å². The van der Waals surface area contributed by atoms with E-state index in [4.69, 9.17) is 9.47 Å². The number of hydrogen-bond donors (Lipinski definition) is 1. The van der Waals surface area contributed by atoms with E-state index in [0.717, 1.165) is 6.07 Å². The molecule has 0 heterocycles. The van der Waals surface area contributed by atoms with Gasteiger partial charge in [0.05, 0.1) is 25.3 Å². The molecule has 1 atom stereocenters. The maximum absolute atomic E-state index is 14.5. The molecule has 7 nitrogen and oxygen atoms in total. The van der Waals surface area contributed by atoms with Crippen molar-refractivity contribution < 1.29 is 41.4 Å². The van der Waals surface area contributed by atoms with Gasteiger partial charge in [-0.2, -0.15) is 0 Å². The maximum atomic E-state index is 14.5. The molecule has 44 heavy (non-hydrogen) atoms. The lowest BCUT2D eigenvalue weighted by Crippen LogP contribution is -2.43. The van der Waals surface area contributed by atoms with Crippen LogP contribution in [0.15, 0.2) is 66.7 Å². The number of hydrogen-bond acceptors (Lipinski definition) is 6. The van der Waals surface area contributed by atoms with Gasteiger partial charge in [0, 0.05) is 18.5 Å². The highest BCUT2D eigenvalue weighted by atomic mass is 19.4. The van der Waals surface area contributed by atoms with Crippen molar-refractivity contribution in [2.75, 3.05) is 28.3 Å². The second-order valence-electron chi connectivity index (χ2n) is 10.4. The summed E-state index contributed by atoms with van der Waals surface area (Å²) in [4.78, 5) is 27.6. The van der Waals surface area contributed by atoms with Gasteiger partial charge < -0.3 is 24.4 Å². The number of nitrogens with zero attached hydrogens (tertiary/aromatic N) is 1. The fourth-order valence-electron chi connectivity index (χ4n) is 5.21. The number of nitrogens with one attached hydrogen (secondary N) is 1. The number of benzene rings is 4. The van der Waals surface area contributed by atoms with Crippen molar-refractivity contribution in [2.45, 2.75) is 32.3 Å². The quantitative estimate of drug-likeness (QED) is 0.164. The van der Waals surface area contributed by atoms with Crippen LogP contribution in [0.4, 0.5) is 17.6 Å². The van der Waals surface area contributed by atoms with Gasteiger partial charge >= 0.3 is 12.3 Å². The van der Waals surface area contributed by atoms with Crippen LogP contribution in [0.25, 0.3) is 21.9 Å². The minimum absolute atomic E-state index is 0.0452. The largest absolute Gasteiger partial charge is 0.573 e. The Hall–Kier alpha value is -4.64. The van der Waals surface area contributed by atoms with E-state index in [2.05, 4.69) is 10.1 Å². The van der Waals surface area contributed by atoms with Gasteiger partial charge in [-0.05, 0) is 60.6 Å². The zero-order valence-corrected chi connectivity index (χ0v) is 24.8. The first kappa shape index (κ1) is 32.3. The van der Waals surface area contributed by atoms with E-state index in [0.29, 0.717) is 33.0 Å². The molecule has 4 rings (SSSR count). The van der Waals surface area contributed by atoms with Gasteiger partial charge in [0.25, 0.3) is 5.91 Å². The molecule has 11 heteroatoms. The molecule has 0 spiro atoms. The Kier molecular flexibility index (Phi) is 9.78. The predicted molar refractivity (Wildman–Crippen MR) is 158 cm³/mol. The SMILES string of the molecule is COC(=O)[C@H](Cc1cccc2c(-c3c(OC)ccc(CN(C)C)c3OC(F)(F)F)cccc12)NC(=O)c1c(C)cccc1F. The van der Waals surface area contributed by atoms with Crippen LogP contribution in [0.3, 0.4) is 0 Å². The lowest BCUT2D eigenvalue weighted by Gasteiger charge is -2.23. The Balaban J connectivity index is 1.84. The Bertz CT molecular complexity index is 1670. The number of amides is 1. The average molecular weight is 613 g/mol. The molecule has 0 aromatic heterocycles. The number of carbonyl (C=O) groups excluding carboxylic acids is 2. The molecule has 0 aliphatic carbocycles. The summed E-state index contributed by atoms with van der Waals surface area (Å²) in [5, 5.41) is 3.74. The summed E-state index contributed by atoms with van der Waals surface area (Å²) in [5.41, 5.74) is 1.61. The lowest BCUT2D eigenvalue weighted by atomic mass is 9.91. The fourth-order valence-corrected chi connectivity index (χ4v) is 5.21. The van der Waals surface area contributed by atoms with Crippen molar-refractivity contribution in [1.29, 1.82) is 0 Å². The number of ether oxygens (including phenoxy) is 3. The summed E-state index contributed by atoms with van der Waals surface area (Å²) in [5.74, 6) is -2.48. The second-order valence-corrected chi connectivity index (χ2v) is 10.4. The monoisotopic (exact) mass is 612 g/mol. The number of esters is 1. The molecule has 0 bridgehead atoms. The summed E-state index contributed by atoms with van der Waals surface area (Å²) in [6, 6.07) is 16.4. The van der Waals surface area contributed by atoms with Crippen LogP contribution in [0, 0.1) is 12.7 Å². The van der Waals surface area contributed by atoms with E-state index in [-0.39, 0.29) is 35.6 Å². The topological polar surface area (TPSA) is 77.1 Å². The Morgan fingerprint density at radius 3 is 2.23 bits per heavy atom. The summed E-state index contributed by atoms with van der Waals surface area (Å²) >= 11 is 0. The van der Waals surface area contributed by atoms with E-state index >= 15 is 0 Å². The van der Waals surface area contributed by atoms with Gasteiger partial charge in [0.2, 0.25) is 0 Å². The molecular weight excluding hydrogens is 580 g/mol. The molecule has 0 aliphatic heterocycles. The molecule has 4 aromatic rings. The number of rotatable bonds is 10. The van der Waals surface area contributed by atoms with Gasteiger partial charge in [-0.3, -0.25) is 4.79 Å². The molecule has 0 aliphatic rings. The zero-order chi connectivity index (χ0) is 32.2. The highest BCUT2D eigenvalue weighted by Gasteiger charge is 2.35. The van der Waals surface area contributed by atoms with E-state index in [1.807, 2.05) is 0 Å². The van der Waals surface area contributed by atoms with E-state index in [1.165, 1.54) is 26.4 Å². The van der Waals surface area contributed by atoms with Gasteiger partial charge in [-0.15, -0.1) is 13.2 Å². The standard InChI is InChI=1S/C33H32F4N2O5/c1-19-9-6-14-25(34)28(19)31(40)38-26(32(41)43-5)17-20-10-7-12-23-22(20)11-8-13-24(23)29-27(42-4)16-15-21(18-39(2)3)30(29)44-33(35,36)37/h6-16,26H,17-18H2,1-5H3,(H,38,40)/t26-/m0/s1. The number of aryl methyl sites for hydroxylation is 1. The van der Waals surface area contributed by atoms with Crippen LogP contribution in [0.1, 0.15) is 27.0 Å². The lowest BCUT2D eigenvalue weighted by molar-refractivity contribution is -0.274. The van der Waals surface area contributed by atoms with Crippen LogP contribution < -0.4 is 14.8 Å². The first-order chi connectivity index (χ1) is 20.8. The maximum Gasteiger partial charge on any atom is 0.573 e. The summed E-state index contributed by atoms with van der Waals surface area (Å²) in [6.07, 6.45) is -5.02. The van der Waals surface area contributed by atoms with E-state index in [1.54, 1.807) is 74.4 Å². The molecule has 0 radical (unpaired) electrons. The van der Waals surface area contributed by atoms with Crippen molar-refractivity contribution in [3.63, 3.8) is 0 Å². The number of fused-ring (bicyclic) bond motifs is 1. The summed E-state index contributed by atoms with van der Waals surface area (Å²) in [7, 11) is 6.00. The van der Waals surface area contributed by atoms with Crippen molar-refractivity contribution in [1.82, 2.24) is 10.2 Å². The number of carbonyl (C=O) groups is 2. The van der Waals surface area contributed by atoms with Crippen molar-refractivity contribution in [3.8, 4) is 22.6 Å². The first-order valence-electron chi connectivity index (χ1n) is 13.6. The first-order valence-corrected chi connectivity index (χ1v) is 13.6. The molecule has 0 saturated carbocycles. The fraction of sp³-hybridized carbons (Fsp3) is 0.273. The van der Waals surface area contributed by atoms with Crippen LogP contribution >= 0.6 is 0 Å². The highest BCUT2D eigenvalue weighted by molar-refractivity contribution is 6.02. The van der Waals surface area contributed by atoms with Crippen LogP contribution in [0.2, 0.25) is 0 Å². The summed E-state index contributed by atoms with van der Waals surface area (Å²) < 4.78 is 70.7. The summed E-state index contributed by atoms with van der Waals surface area (Å²) in [6.45, 7) is 1.75. The third-order valence-corrected chi connectivity index (χ3v) is 7.07. The Labute approximate surface area is 252 Å². The number of halogens is 4.